The second-order valence-corrected chi connectivity index (χ2v) is 7.37. The van der Waals surface area contributed by atoms with E-state index in [0.717, 1.165) is 21.3 Å². The Morgan fingerprint density at radius 3 is 2.82 bits per heavy atom. The summed E-state index contributed by atoms with van der Waals surface area (Å²) in [4.78, 5) is 17.6. The van der Waals surface area contributed by atoms with Gasteiger partial charge < -0.3 is 13.8 Å². The minimum atomic E-state index is -0.430. The molecule has 2 aromatic carbocycles. The van der Waals surface area contributed by atoms with Gasteiger partial charge in [0.1, 0.15) is 0 Å². The summed E-state index contributed by atoms with van der Waals surface area (Å²) < 4.78 is 13.6. The third-order valence-electron chi connectivity index (χ3n) is 4.34. The molecule has 7 heteroatoms. The third kappa shape index (κ3) is 3.67. The van der Waals surface area contributed by atoms with Crippen molar-refractivity contribution in [2.24, 2.45) is 4.99 Å². The molecule has 0 saturated heterocycles. The van der Waals surface area contributed by atoms with Crippen LogP contribution in [0.15, 0.2) is 64.1 Å². The molecule has 2 heterocycles. The maximum absolute atomic E-state index is 12.7. The lowest BCUT2D eigenvalue weighted by Gasteiger charge is -2.04. The zero-order valence-electron chi connectivity index (χ0n) is 15.6. The van der Waals surface area contributed by atoms with Gasteiger partial charge >= 0.3 is 5.91 Å². The monoisotopic (exact) mass is 393 g/mol. The van der Waals surface area contributed by atoms with Crippen molar-refractivity contribution >= 4 is 27.5 Å². The molecule has 6 nitrogen and oxygen atoms in total. The Labute approximate surface area is 165 Å². The third-order valence-corrected chi connectivity index (χ3v) is 5.38. The summed E-state index contributed by atoms with van der Waals surface area (Å²) in [6.07, 6.45) is 0. The van der Waals surface area contributed by atoms with Crippen LogP contribution in [0.1, 0.15) is 16.1 Å². The Kier molecular flexibility index (Phi) is 5.18. The molecule has 2 aromatic heterocycles. The summed E-state index contributed by atoms with van der Waals surface area (Å²) >= 11 is 1.48. The van der Waals surface area contributed by atoms with Gasteiger partial charge in [0.05, 0.1) is 16.8 Å². The van der Waals surface area contributed by atoms with Crippen LogP contribution in [0.5, 0.6) is 0 Å². The van der Waals surface area contributed by atoms with E-state index in [4.69, 9.17) is 9.26 Å². The fourth-order valence-electron chi connectivity index (χ4n) is 2.92. The van der Waals surface area contributed by atoms with Crippen LogP contribution in [0.2, 0.25) is 0 Å². The molecule has 0 N–H and O–H groups in total. The first kappa shape index (κ1) is 18.3. The number of carbonyl (C=O) groups is 1. The van der Waals surface area contributed by atoms with Crippen LogP contribution in [0, 0.1) is 6.92 Å². The molecular weight excluding hydrogens is 374 g/mol. The molecule has 0 unspecified atom stereocenters. The van der Waals surface area contributed by atoms with Crippen molar-refractivity contribution in [2.45, 2.75) is 13.5 Å². The molecule has 0 saturated carbocycles. The summed E-state index contributed by atoms with van der Waals surface area (Å²) in [5.74, 6) is 0.110. The molecule has 142 valence electrons. The van der Waals surface area contributed by atoms with Gasteiger partial charge in [0.15, 0.2) is 16.3 Å². The van der Waals surface area contributed by atoms with Gasteiger partial charge in [-0.1, -0.05) is 52.9 Å². The molecule has 0 aliphatic carbocycles. The van der Waals surface area contributed by atoms with E-state index in [1.165, 1.54) is 11.3 Å². The molecule has 28 heavy (non-hydrogen) atoms. The number of fused-ring (bicyclic) bond motifs is 1. The number of hydrogen-bond acceptors (Lipinski definition) is 5. The van der Waals surface area contributed by atoms with Gasteiger partial charge in [0.25, 0.3) is 0 Å². The molecule has 0 aliphatic heterocycles. The van der Waals surface area contributed by atoms with Gasteiger partial charge in [-0.15, -0.1) is 0 Å². The van der Waals surface area contributed by atoms with Crippen LogP contribution in [0.25, 0.3) is 21.5 Å². The Balaban J connectivity index is 1.73. The zero-order valence-corrected chi connectivity index (χ0v) is 16.4. The van der Waals surface area contributed by atoms with Crippen molar-refractivity contribution in [2.75, 3.05) is 13.7 Å². The molecule has 4 rings (SSSR count). The van der Waals surface area contributed by atoms with E-state index in [1.807, 2.05) is 54.0 Å². The first-order valence-electron chi connectivity index (χ1n) is 8.86. The van der Waals surface area contributed by atoms with Crippen LogP contribution >= 0.6 is 11.3 Å². The molecule has 0 spiro atoms. The van der Waals surface area contributed by atoms with Crippen LogP contribution in [-0.4, -0.2) is 29.3 Å². The highest BCUT2D eigenvalue weighted by Crippen LogP contribution is 2.21. The second-order valence-electron chi connectivity index (χ2n) is 6.36. The van der Waals surface area contributed by atoms with Crippen LogP contribution < -0.4 is 4.80 Å². The smallest absolute Gasteiger partial charge is 0.301 e. The van der Waals surface area contributed by atoms with Gasteiger partial charge in [-0.05, 0) is 24.6 Å². The Hall–Kier alpha value is -3.03. The zero-order chi connectivity index (χ0) is 19.5. The van der Waals surface area contributed by atoms with E-state index in [-0.39, 0.29) is 5.69 Å². The number of ether oxygens (including phenoxy) is 1. The van der Waals surface area contributed by atoms with E-state index in [1.54, 1.807) is 13.2 Å². The number of rotatable bonds is 5. The molecule has 1 amide bonds. The van der Waals surface area contributed by atoms with Gasteiger partial charge in [0, 0.05) is 25.3 Å². The molecular formula is C21H19N3O3S. The molecule has 4 aromatic rings. The fourth-order valence-corrected chi connectivity index (χ4v) is 4.08. The van der Waals surface area contributed by atoms with Crippen LogP contribution in [0.3, 0.4) is 0 Å². The minimum absolute atomic E-state index is 0.186. The minimum Gasteiger partial charge on any atom is -0.383 e. The second kappa shape index (κ2) is 7.92. The van der Waals surface area contributed by atoms with Crippen LogP contribution in [0.4, 0.5) is 0 Å². The summed E-state index contributed by atoms with van der Waals surface area (Å²) in [5.41, 5.74) is 3.24. The highest BCUT2D eigenvalue weighted by molar-refractivity contribution is 7.16. The largest absolute Gasteiger partial charge is 0.383 e. The average Bonchev–Trinajstić information content (AvgIpc) is 3.32. The molecule has 0 radical (unpaired) electrons. The fraction of sp³-hybridized carbons (Fsp3) is 0.190. The van der Waals surface area contributed by atoms with E-state index >= 15 is 0 Å². The van der Waals surface area contributed by atoms with E-state index in [0.29, 0.717) is 23.7 Å². The maximum Gasteiger partial charge on any atom is 0.301 e. The lowest BCUT2D eigenvalue weighted by molar-refractivity contribution is 0.0989. The first-order chi connectivity index (χ1) is 13.7. The predicted octanol–water partition coefficient (Wildman–Crippen LogP) is 4.05. The maximum atomic E-state index is 12.7. The summed E-state index contributed by atoms with van der Waals surface area (Å²) in [6.45, 7) is 3.18. The summed E-state index contributed by atoms with van der Waals surface area (Å²) in [6, 6.07) is 17.3. The van der Waals surface area contributed by atoms with Crippen molar-refractivity contribution in [3.05, 3.63) is 70.7 Å². The Morgan fingerprint density at radius 1 is 1.21 bits per heavy atom. The lowest BCUT2D eigenvalue weighted by Crippen LogP contribution is -2.19. The van der Waals surface area contributed by atoms with Crippen molar-refractivity contribution in [3.63, 3.8) is 0 Å². The number of nitrogens with zero attached hydrogens (tertiary/aromatic N) is 3. The molecule has 0 atom stereocenters. The predicted molar refractivity (Wildman–Crippen MR) is 108 cm³/mol. The number of aryl methyl sites for hydroxylation is 1. The number of methoxy groups -OCH3 is 1. The van der Waals surface area contributed by atoms with E-state index in [9.17, 15) is 4.79 Å². The lowest BCUT2D eigenvalue weighted by atomic mass is 10.1. The van der Waals surface area contributed by atoms with Crippen molar-refractivity contribution < 1.29 is 14.1 Å². The number of benzene rings is 2. The van der Waals surface area contributed by atoms with Gasteiger partial charge in [-0.2, -0.15) is 4.99 Å². The quantitative estimate of drug-likeness (QED) is 0.513. The molecule has 0 fully saturated rings. The van der Waals surface area contributed by atoms with Crippen LogP contribution in [-0.2, 0) is 11.3 Å². The Bertz CT molecular complexity index is 1190. The number of amides is 1. The van der Waals surface area contributed by atoms with Gasteiger partial charge in [0.2, 0.25) is 0 Å². The summed E-state index contributed by atoms with van der Waals surface area (Å²) in [5, 5.41) is 3.90. The number of hydrogen-bond donors (Lipinski definition) is 0. The van der Waals surface area contributed by atoms with E-state index < -0.39 is 5.91 Å². The van der Waals surface area contributed by atoms with Gasteiger partial charge in [-0.25, -0.2) is 0 Å². The number of aromatic nitrogens is 2. The molecule has 0 aliphatic rings. The standard InChI is InChI=1S/C21H19N3O3S/c1-14-8-9-17-19(12-14)28-21(24(17)10-11-26-2)22-20(25)16-13-18(27-23-16)15-6-4-3-5-7-15/h3-9,12-13H,10-11H2,1-2H3. The van der Waals surface area contributed by atoms with E-state index in [2.05, 4.69) is 16.2 Å². The van der Waals surface area contributed by atoms with Crippen molar-refractivity contribution in [1.29, 1.82) is 0 Å². The Morgan fingerprint density at radius 2 is 2.04 bits per heavy atom. The normalized spacial score (nSPS) is 12.0. The topological polar surface area (TPSA) is 69.6 Å². The number of thiazole rings is 1. The van der Waals surface area contributed by atoms with Gasteiger partial charge in [-0.3, -0.25) is 4.79 Å². The van der Waals surface area contributed by atoms with Crippen molar-refractivity contribution in [3.8, 4) is 11.3 Å². The molecule has 0 bridgehead atoms. The highest BCUT2D eigenvalue weighted by atomic mass is 32.1. The highest BCUT2D eigenvalue weighted by Gasteiger charge is 2.14. The first-order valence-corrected chi connectivity index (χ1v) is 9.67. The summed E-state index contributed by atoms with van der Waals surface area (Å²) in [7, 11) is 1.65. The van der Waals surface area contributed by atoms with Crippen molar-refractivity contribution in [1.82, 2.24) is 9.72 Å². The SMILES string of the molecule is COCCn1c(=NC(=O)c2cc(-c3ccccc3)on2)sc2cc(C)ccc21. The number of carbonyl (C=O) groups excluding carboxylic acids is 1. The average molecular weight is 393 g/mol.